The van der Waals surface area contributed by atoms with Gasteiger partial charge in [0, 0.05) is 41.0 Å². The number of halogens is 1. The molecule has 1 heterocycles. The molecule has 3 aromatic rings. The van der Waals surface area contributed by atoms with Crippen LogP contribution in [0, 0.1) is 3.57 Å². The first kappa shape index (κ1) is 23.5. The van der Waals surface area contributed by atoms with Crippen molar-refractivity contribution in [2.75, 3.05) is 43.5 Å². The number of carbonyl (C=O) groups is 1. The van der Waals surface area contributed by atoms with E-state index in [-0.39, 0.29) is 10.8 Å². The molecule has 1 fully saturated rings. The second kappa shape index (κ2) is 10.1. The van der Waals surface area contributed by atoms with E-state index in [9.17, 15) is 13.2 Å². The van der Waals surface area contributed by atoms with Crippen LogP contribution in [0.25, 0.3) is 0 Å². The lowest BCUT2D eigenvalue weighted by atomic mass is 10.2. The van der Waals surface area contributed by atoms with Crippen molar-refractivity contribution in [1.29, 1.82) is 0 Å². The van der Waals surface area contributed by atoms with Crippen LogP contribution in [0.15, 0.2) is 77.7 Å². The number of amides is 1. The van der Waals surface area contributed by atoms with E-state index in [2.05, 4.69) is 32.8 Å². The van der Waals surface area contributed by atoms with Gasteiger partial charge in [0.05, 0.1) is 17.7 Å². The van der Waals surface area contributed by atoms with Gasteiger partial charge >= 0.3 is 0 Å². The van der Waals surface area contributed by atoms with Crippen LogP contribution in [0.2, 0.25) is 0 Å². The van der Waals surface area contributed by atoms with Gasteiger partial charge in [0.1, 0.15) is 5.75 Å². The molecule has 0 atom stereocenters. The predicted molar refractivity (Wildman–Crippen MR) is 138 cm³/mol. The number of para-hydroxylation sites is 2. The molecule has 0 spiro atoms. The van der Waals surface area contributed by atoms with Gasteiger partial charge in [-0.3, -0.25) is 4.79 Å². The molecule has 1 aliphatic heterocycles. The van der Waals surface area contributed by atoms with Gasteiger partial charge in [0.15, 0.2) is 0 Å². The third kappa shape index (κ3) is 5.31. The lowest BCUT2D eigenvalue weighted by Gasteiger charge is -2.35. The minimum absolute atomic E-state index is 0.209. The van der Waals surface area contributed by atoms with E-state index >= 15 is 0 Å². The molecule has 3 aromatic carbocycles. The maximum Gasteiger partial charge on any atom is 0.255 e. The van der Waals surface area contributed by atoms with Crippen molar-refractivity contribution < 1.29 is 17.9 Å². The zero-order valence-electron chi connectivity index (χ0n) is 18.1. The summed E-state index contributed by atoms with van der Waals surface area (Å²) in [5.74, 6) is 0.535. The molecule has 0 bridgehead atoms. The fourth-order valence-electron chi connectivity index (χ4n) is 3.75. The summed E-state index contributed by atoms with van der Waals surface area (Å²) in [5, 5.41) is 2.81. The zero-order chi connectivity index (χ0) is 23.4. The van der Waals surface area contributed by atoms with E-state index < -0.39 is 10.0 Å². The van der Waals surface area contributed by atoms with Crippen molar-refractivity contribution in [2.45, 2.75) is 4.90 Å². The Morgan fingerprint density at radius 3 is 2.30 bits per heavy atom. The van der Waals surface area contributed by atoms with Crippen LogP contribution in [0.1, 0.15) is 10.4 Å². The van der Waals surface area contributed by atoms with Crippen LogP contribution in [0.3, 0.4) is 0 Å². The highest BCUT2D eigenvalue weighted by molar-refractivity contribution is 14.1. The summed E-state index contributed by atoms with van der Waals surface area (Å²) < 4.78 is 34.2. The Kier molecular flexibility index (Phi) is 7.20. The van der Waals surface area contributed by atoms with Crippen LogP contribution >= 0.6 is 22.6 Å². The largest absolute Gasteiger partial charge is 0.495 e. The summed E-state index contributed by atoms with van der Waals surface area (Å²) in [6, 6.07) is 21.3. The van der Waals surface area contributed by atoms with Gasteiger partial charge in [-0.1, -0.05) is 18.2 Å². The predicted octanol–water partition coefficient (Wildman–Crippen LogP) is 4.06. The number of hydrogen-bond donors (Lipinski definition) is 1. The first-order valence-corrected chi connectivity index (χ1v) is 13.0. The summed E-state index contributed by atoms with van der Waals surface area (Å²) in [7, 11) is -1.99. The van der Waals surface area contributed by atoms with Crippen LogP contribution in [0.4, 0.5) is 11.4 Å². The summed E-state index contributed by atoms with van der Waals surface area (Å²) in [5.41, 5.74) is 2.05. The van der Waals surface area contributed by atoms with Gasteiger partial charge in [0.2, 0.25) is 10.0 Å². The Balaban J connectivity index is 1.41. The molecule has 1 aliphatic rings. The second-order valence-corrected chi connectivity index (χ2v) is 10.7. The number of ether oxygens (including phenoxy) is 1. The number of benzene rings is 3. The summed E-state index contributed by atoms with van der Waals surface area (Å²) in [4.78, 5) is 14.8. The fourth-order valence-corrected chi connectivity index (χ4v) is 5.72. The van der Waals surface area contributed by atoms with Gasteiger partial charge in [-0.15, -0.1) is 0 Å². The number of sulfonamides is 1. The Morgan fingerprint density at radius 1 is 0.939 bits per heavy atom. The number of piperazine rings is 1. The van der Waals surface area contributed by atoms with Gasteiger partial charge in [0.25, 0.3) is 5.91 Å². The number of hydrogen-bond acceptors (Lipinski definition) is 5. The lowest BCUT2D eigenvalue weighted by Crippen LogP contribution is -2.48. The van der Waals surface area contributed by atoms with E-state index in [0.717, 1.165) is 15.0 Å². The number of nitrogens with one attached hydrogen (secondary N) is 1. The third-order valence-corrected chi connectivity index (χ3v) is 8.09. The summed E-state index contributed by atoms with van der Waals surface area (Å²) in [6.45, 7) is 1.91. The average molecular weight is 577 g/mol. The number of nitrogens with zero attached hydrogens (tertiary/aromatic N) is 2. The van der Waals surface area contributed by atoms with E-state index in [1.165, 1.54) is 16.4 Å². The van der Waals surface area contributed by atoms with Crippen LogP contribution in [-0.4, -0.2) is 51.9 Å². The minimum atomic E-state index is -3.62. The number of anilines is 2. The molecule has 4 rings (SSSR count). The maximum absolute atomic E-state index is 13.1. The highest BCUT2D eigenvalue weighted by Crippen LogP contribution is 2.29. The summed E-state index contributed by atoms with van der Waals surface area (Å²) in [6.07, 6.45) is 0. The normalized spacial score (nSPS) is 14.7. The van der Waals surface area contributed by atoms with Crippen LogP contribution < -0.4 is 15.0 Å². The minimum Gasteiger partial charge on any atom is -0.495 e. The molecule has 33 heavy (non-hydrogen) atoms. The SMILES string of the molecule is COc1ccccc1N1CCN(S(=O)(=O)c2ccc(NC(=O)c3cccc(I)c3)cc2)CC1. The third-order valence-electron chi connectivity index (χ3n) is 5.50. The molecule has 0 aliphatic carbocycles. The topological polar surface area (TPSA) is 79.0 Å². The van der Waals surface area contributed by atoms with Gasteiger partial charge in [-0.05, 0) is 77.2 Å². The Morgan fingerprint density at radius 2 is 1.64 bits per heavy atom. The van der Waals surface area contributed by atoms with Crippen molar-refractivity contribution in [2.24, 2.45) is 0 Å². The van der Waals surface area contributed by atoms with Gasteiger partial charge in [-0.25, -0.2) is 8.42 Å². The monoisotopic (exact) mass is 577 g/mol. The fraction of sp³-hybridized carbons (Fsp3) is 0.208. The summed E-state index contributed by atoms with van der Waals surface area (Å²) >= 11 is 2.15. The molecule has 0 aromatic heterocycles. The van der Waals surface area contributed by atoms with Crippen molar-refractivity contribution in [1.82, 2.24) is 4.31 Å². The van der Waals surface area contributed by atoms with Crippen molar-refractivity contribution in [3.05, 3.63) is 81.9 Å². The molecule has 1 N–H and O–H groups in total. The smallest absolute Gasteiger partial charge is 0.255 e. The molecule has 7 nitrogen and oxygen atoms in total. The van der Waals surface area contributed by atoms with E-state index in [0.29, 0.717) is 37.4 Å². The van der Waals surface area contributed by atoms with E-state index in [1.807, 2.05) is 36.4 Å². The first-order valence-electron chi connectivity index (χ1n) is 10.4. The molecule has 172 valence electrons. The Hall–Kier alpha value is -2.63. The molecule has 1 amide bonds. The quantitative estimate of drug-likeness (QED) is 0.448. The average Bonchev–Trinajstić information content (AvgIpc) is 2.84. The second-order valence-electron chi connectivity index (χ2n) is 7.55. The highest BCUT2D eigenvalue weighted by atomic mass is 127. The molecule has 0 radical (unpaired) electrons. The van der Waals surface area contributed by atoms with Gasteiger partial charge in [-0.2, -0.15) is 4.31 Å². The highest BCUT2D eigenvalue weighted by Gasteiger charge is 2.29. The molecule has 0 unspecified atom stereocenters. The molecular weight excluding hydrogens is 553 g/mol. The molecule has 1 saturated heterocycles. The molecule has 9 heteroatoms. The molecule has 0 saturated carbocycles. The van der Waals surface area contributed by atoms with Gasteiger partial charge < -0.3 is 15.0 Å². The van der Waals surface area contributed by atoms with Crippen LogP contribution in [-0.2, 0) is 10.0 Å². The zero-order valence-corrected chi connectivity index (χ0v) is 21.0. The Labute approximate surface area is 207 Å². The van der Waals surface area contributed by atoms with Crippen molar-refractivity contribution in [3.63, 3.8) is 0 Å². The first-order chi connectivity index (χ1) is 15.9. The van der Waals surface area contributed by atoms with E-state index in [4.69, 9.17) is 4.74 Å². The number of rotatable bonds is 6. The molecular formula is C24H24IN3O4S. The number of carbonyl (C=O) groups excluding carboxylic acids is 1. The number of methoxy groups -OCH3 is 1. The van der Waals surface area contributed by atoms with Crippen LogP contribution in [0.5, 0.6) is 5.75 Å². The maximum atomic E-state index is 13.1. The van der Waals surface area contributed by atoms with E-state index in [1.54, 1.807) is 31.4 Å². The Bertz CT molecular complexity index is 1240. The standard InChI is InChI=1S/C24H24IN3O4S/c1-32-23-8-3-2-7-22(23)27-13-15-28(16-14-27)33(30,31)21-11-9-20(10-12-21)26-24(29)18-5-4-6-19(25)17-18/h2-12,17H,13-16H2,1H3,(H,26,29). The van der Waals surface area contributed by atoms with Crippen molar-refractivity contribution in [3.8, 4) is 5.75 Å². The van der Waals surface area contributed by atoms with Crippen molar-refractivity contribution >= 4 is 49.9 Å². The lowest BCUT2D eigenvalue weighted by molar-refractivity contribution is 0.102.